The van der Waals surface area contributed by atoms with Crippen molar-refractivity contribution in [1.82, 2.24) is 9.55 Å². The maximum absolute atomic E-state index is 5.87. The predicted octanol–water partition coefficient (Wildman–Crippen LogP) is 3.99. The van der Waals surface area contributed by atoms with Gasteiger partial charge in [-0.2, -0.15) is 0 Å². The molecule has 0 spiro atoms. The van der Waals surface area contributed by atoms with Gasteiger partial charge in [-0.1, -0.05) is 6.92 Å². The van der Waals surface area contributed by atoms with Crippen LogP contribution in [0.3, 0.4) is 0 Å². The van der Waals surface area contributed by atoms with Crippen molar-refractivity contribution in [3.05, 3.63) is 45.9 Å². The van der Waals surface area contributed by atoms with Crippen LogP contribution < -0.4 is 5.73 Å². The predicted molar refractivity (Wildman–Crippen MR) is 86.3 cm³/mol. The molecule has 20 heavy (non-hydrogen) atoms. The van der Waals surface area contributed by atoms with E-state index >= 15 is 0 Å². The van der Waals surface area contributed by atoms with E-state index in [1.165, 1.54) is 16.0 Å². The van der Waals surface area contributed by atoms with E-state index in [4.69, 9.17) is 10.7 Å². The second-order valence-corrected chi connectivity index (χ2v) is 6.14. The molecule has 1 aromatic carbocycles. The summed E-state index contributed by atoms with van der Waals surface area (Å²) < 4.78 is 2.33. The van der Waals surface area contributed by atoms with Crippen molar-refractivity contribution in [3.8, 4) is 0 Å². The summed E-state index contributed by atoms with van der Waals surface area (Å²) in [4.78, 5) is 6.16. The van der Waals surface area contributed by atoms with Gasteiger partial charge in [-0.05, 0) is 48.6 Å². The number of hydrogen-bond acceptors (Lipinski definition) is 3. The molecular weight excluding hydrogens is 266 g/mol. The molecule has 104 valence electrons. The first-order valence-corrected chi connectivity index (χ1v) is 7.84. The molecule has 0 fully saturated rings. The number of hydrogen-bond donors (Lipinski definition) is 1. The number of nitrogen functional groups attached to an aromatic ring is 1. The Labute approximate surface area is 123 Å². The number of thiophene rings is 1. The smallest absolute Gasteiger partial charge is 0.110 e. The molecule has 0 atom stereocenters. The summed E-state index contributed by atoms with van der Waals surface area (Å²) in [6.07, 6.45) is 2.10. The minimum atomic E-state index is 0.775. The maximum Gasteiger partial charge on any atom is 0.110 e. The quantitative estimate of drug-likeness (QED) is 0.737. The molecule has 2 aromatic heterocycles. The van der Waals surface area contributed by atoms with Crippen molar-refractivity contribution in [2.24, 2.45) is 0 Å². The largest absolute Gasteiger partial charge is 0.399 e. The van der Waals surface area contributed by atoms with Gasteiger partial charge < -0.3 is 10.3 Å². The van der Waals surface area contributed by atoms with Crippen LogP contribution >= 0.6 is 11.3 Å². The van der Waals surface area contributed by atoms with E-state index in [-0.39, 0.29) is 0 Å². The molecule has 3 nitrogen and oxygen atoms in total. The van der Waals surface area contributed by atoms with Gasteiger partial charge >= 0.3 is 0 Å². The Balaban J connectivity index is 2.11. The van der Waals surface area contributed by atoms with Crippen LogP contribution in [0.2, 0.25) is 0 Å². The molecule has 2 N–H and O–H groups in total. The molecule has 0 aliphatic carbocycles. The molecular formula is C16H19N3S. The minimum absolute atomic E-state index is 0.775. The first-order valence-electron chi connectivity index (χ1n) is 6.96. The lowest BCUT2D eigenvalue weighted by Crippen LogP contribution is -2.04. The van der Waals surface area contributed by atoms with Gasteiger partial charge in [-0.3, -0.25) is 0 Å². The number of aromatic nitrogens is 2. The van der Waals surface area contributed by atoms with Crippen LogP contribution in [-0.2, 0) is 13.0 Å². The Bertz CT molecular complexity index is 739. The van der Waals surface area contributed by atoms with Crippen LogP contribution in [0.15, 0.2) is 29.6 Å². The third-order valence-corrected chi connectivity index (χ3v) is 4.60. The van der Waals surface area contributed by atoms with E-state index in [0.717, 1.165) is 36.4 Å². The summed E-state index contributed by atoms with van der Waals surface area (Å²) in [6.45, 7) is 5.26. The number of anilines is 1. The fourth-order valence-electron chi connectivity index (χ4n) is 2.50. The van der Waals surface area contributed by atoms with Crippen LogP contribution in [0.5, 0.6) is 0 Å². The summed E-state index contributed by atoms with van der Waals surface area (Å²) in [5.74, 6) is 1.15. The Morgan fingerprint density at radius 1 is 1.30 bits per heavy atom. The van der Waals surface area contributed by atoms with Gasteiger partial charge in [0.2, 0.25) is 0 Å². The molecule has 4 heteroatoms. The molecule has 0 unspecified atom stereocenters. The van der Waals surface area contributed by atoms with Crippen molar-refractivity contribution >= 4 is 28.1 Å². The fourth-order valence-corrected chi connectivity index (χ4v) is 3.39. The molecule has 0 aliphatic rings. The third kappa shape index (κ3) is 2.31. The Morgan fingerprint density at radius 2 is 2.15 bits per heavy atom. The number of aryl methyl sites for hydroxylation is 2. The van der Waals surface area contributed by atoms with Crippen LogP contribution in [0.4, 0.5) is 5.69 Å². The highest BCUT2D eigenvalue weighted by atomic mass is 32.1. The lowest BCUT2D eigenvalue weighted by atomic mass is 10.2. The average Bonchev–Trinajstić information content (AvgIpc) is 2.96. The van der Waals surface area contributed by atoms with Gasteiger partial charge in [0.25, 0.3) is 0 Å². The normalized spacial score (nSPS) is 11.3. The van der Waals surface area contributed by atoms with E-state index in [0.29, 0.717) is 0 Å². The van der Waals surface area contributed by atoms with Crippen LogP contribution in [0, 0.1) is 6.92 Å². The topological polar surface area (TPSA) is 43.8 Å². The fraction of sp³-hybridized carbons (Fsp3) is 0.312. The highest BCUT2D eigenvalue weighted by Crippen LogP contribution is 2.24. The molecule has 0 bridgehead atoms. The molecule has 0 saturated carbocycles. The van der Waals surface area contributed by atoms with Gasteiger partial charge in [0.15, 0.2) is 0 Å². The van der Waals surface area contributed by atoms with Gasteiger partial charge in [0.1, 0.15) is 5.82 Å². The zero-order valence-corrected chi connectivity index (χ0v) is 12.7. The van der Waals surface area contributed by atoms with Gasteiger partial charge in [0, 0.05) is 17.0 Å². The summed E-state index contributed by atoms with van der Waals surface area (Å²) in [6, 6.07) is 8.18. The second kappa shape index (κ2) is 5.29. The first-order chi connectivity index (χ1) is 9.69. The molecule has 0 aliphatic heterocycles. The summed E-state index contributed by atoms with van der Waals surface area (Å²) in [5.41, 5.74) is 10.2. The lowest BCUT2D eigenvalue weighted by Gasteiger charge is -2.08. The van der Waals surface area contributed by atoms with E-state index in [1.54, 1.807) is 0 Å². The maximum atomic E-state index is 5.87. The highest BCUT2D eigenvalue weighted by molar-refractivity contribution is 7.10. The number of benzene rings is 1. The standard InChI is InChI=1S/C16H19N3S/c1-3-4-16-18-13-9-12(17)5-6-14(13)19(16)10-15-11(2)7-8-20-15/h5-9H,3-4,10,17H2,1-2H3. The molecule has 0 saturated heterocycles. The second-order valence-electron chi connectivity index (χ2n) is 5.14. The number of rotatable bonds is 4. The van der Waals surface area contributed by atoms with Gasteiger partial charge in [0.05, 0.1) is 17.6 Å². The minimum Gasteiger partial charge on any atom is -0.399 e. The van der Waals surface area contributed by atoms with E-state index in [2.05, 4.69) is 35.9 Å². The van der Waals surface area contributed by atoms with E-state index < -0.39 is 0 Å². The Kier molecular flexibility index (Phi) is 3.49. The van der Waals surface area contributed by atoms with Crippen molar-refractivity contribution in [1.29, 1.82) is 0 Å². The van der Waals surface area contributed by atoms with Crippen molar-refractivity contribution in [2.75, 3.05) is 5.73 Å². The monoisotopic (exact) mass is 285 g/mol. The summed E-state index contributed by atoms with van der Waals surface area (Å²) >= 11 is 1.81. The lowest BCUT2D eigenvalue weighted by molar-refractivity contribution is 0.726. The number of imidazole rings is 1. The number of fused-ring (bicyclic) bond motifs is 1. The highest BCUT2D eigenvalue weighted by Gasteiger charge is 2.12. The number of nitrogens with zero attached hydrogens (tertiary/aromatic N) is 2. The molecule has 0 amide bonds. The zero-order valence-electron chi connectivity index (χ0n) is 11.9. The van der Waals surface area contributed by atoms with E-state index in [1.807, 2.05) is 23.5 Å². The van der Waals surface area contributed by atoms with Crippen LogP contribution in [0.25, 0.3) is 11.0 Å². The van der Waals surface area contributed by atoms with E-state index in [9.17, 15) is 0 Å². The number of nitrogens with two attached hydrogens (primary N) is 1. The van der Waals surface area contributed by atoms with Gasteiger partial charge in [-0.25, -0.2) is 4.98 Å². The molecule has 3 aromatic rings. The van der Waals surface area contributed by atoms with Crippen molar-refractivity contribution in [2.45, 2.75) is 33.2 Å². The van der Waals surface area contributed by atoms with Crippen molar-refractivity contribution < 1.29 is 0 Å². The Hall–Kier alpha value is -1.81. The molecule has 3 rings (SSSR count). The third-order valence-electron chi connectivity index (χ3n) is 3.59. The SMILES string of the molecule is CCCc1nc2cc(N)ccc2n1Cc1sccc1C. The summed E-state index contributed by atoms with van der Waals surface area (Å²) in [7, 11) is 0. The van der Waals surface area contributed by atoms with Crippen molar-refractivity contribution in [3.63, 3.8) is 0 Å². The molecule has 2 heterocycles. The zero-order chi connectivity index (χ0) is 14.1. The molecule has 0 radical (unpaired) electrons. The van der Waals surface area contributed by atoms with Crippen LogP contribution in [0.1, 0.15) is 29.6 Å². The van der Waals surface area contributed by atoms with Gasteiger partial charge in [-0.15, -0.1) is 11.3 Å². The average molecular weight is 285 g/mol. The summed E-state index contributed by atoms with van der Waals surface area (Å²) in [5, 5.41) is 2.15. The van der Waals surface area contributed by atoms with Crippen LogP contribution in [-0.4, -0.2) is 9.55 Å². The Morgan fingerprint density at radius 3 is 2.85 bits per heavy atom. The first kappa shape index (κ1) is 13.2.